The second kappa shape index (κ2) is 5.43. The first-order valence-electron chi connectivity index (χ1n) is 6.72. The third kappa shape index (κ3) is 3.04. The van der Waals surface area contributed by atoms with Crippen molar-refractivity contribution in [3.05, 3.63) is 18.2 Å². The van der Waals surface area contributed by atoms with Crippen molar-refractivity contribution < 1.29 is 9.90 Å². The molecule has 2 aliphatic rings. The smallest absolute Gasteiger partial charge is 0.234 e. The highest BCUT2D eigenvalue weighted by Gasteiger charge is 2.20. The molecule has 1 aromatic carbocycles. The number of anilines is 2. The van der Waals surface area contributed by atoms with Crippen LogP contribution in [0.2, 0.25) is 0 Å². The van der Waals surface area contributed by atoms with E-state index in [4.69, 9.17) is 0 Å². The van der Waals surface area contributed by atoms with Gasteiger partial charge in [0.25, 0.3) is 0 Å². The molecule has 102 valence electrons. The van der Waals surface area contributed by atoms with Crippen molar-refractivity contribution in [2.24, 2.45) is 0 Å². The largest absolute Gasteiger partial charge is 0.393 e. The first kappa shape index (κ1) is 12.8. The zero-order valence-electron chi connectivity index (χ0n) is 10.7. The first-order chi connectivity index (χ1) is 9.20. The number of aliphatic hydroxyl groups excluding tert-OH is 1. The minimum Gasteiger partial charge on any atom is -0.393 e. The molecule has 3 rings (SSSR count). The van der Waals surface area contributed by atoms with E-state index >= 15 is 0 Å². The Bertz CT molecular complexity index is 484. The molecule has 0 spiro atoms. The summed E-state index contributed by atoms with van der Waals surface area (Å²) in [6, 6.07) is 6.55. The fourth-order valence-corrected chi connectivity index (χ4v) is 3.42. The average Bonchev–Trinajstić information content (AvgIpc) is 2.41. The molecule has 1 fully saturated rings. The highest BCUT2D eigenvalue weighted by Crippen LogP contribution is 2.34. The second-order valence-corrected chi connectivity index (χ2v) is 6.21. The number of amides is 1. The van der Waals surface area contributed by atoms with E-state index in [1.807, 2.05) is 6.07 Å². The third-order valence-electron chi connectivity index (χ3n) is 3.68. The van der Waals surface area contributed by atoms with E-state index in [0.29, 0.717) is 11.8 Å². The summed E-state index contributed by atoms with van der Waals surface area (Å²) >= 11 is 1.58. The molecule has 0 radical (unpaired) electrons. The number of hydrogen-bond acceptors (Lipinski definition) is 4. The fourth-order valence-electron chi connectivity index (χ4n) is 2.63. The summed E-state index contributed by atoms with van der Waals surface area (Å²) in [6.45, 7) is 0. The summed E-state index contributed by atoms with van der Waals surface area (Å²) in [6.07, 6.45) is 3.61. The number of thioether (sulfide) groups is 1. The predicted octanol–water partition coefficient (Wildman–Crippen LogP) is 2.45. The summed E-state index contributed by atoms with van der Waals surface area (Å²) in [5.74, 6) is 0.566. The Kier molecular flexibility index (Phi) is 3.66. The molecule has 0 atom stereocenters. The highest BCUT2D eigenvalue weighted by molar-refractivity contribution is 8.00. The maximum atomic E-state index is 11.4. The Morgan fingerprint density at radius 2 is 2.05 bits per heavy atom. The molecular weight excluding hydrogens is 260 g/mol. The molecule has 1 aliphatic carbocycles. The molecular formula is C14H18N2O2S. The van der Waals surface area contributed by atoms with Crippen molar-refractivity contribution in [3.8, 4) is 0 Å². The van der Waals surface area contributed by atoms with E-state index in [9.17, 15) is 9.90 Å². The summed E-state index contributed by atoms with van der Waals surface area (Å²) < 4.78 is 0. The van der Waals surface area contributed by atoms with Crippen LogP contribution < -0.4 is 10.6 Å². The number of fused-ring (bicyclic) bond motifs is 1. The summed E-state index contributed by atoms with van der Waals surface area (Å²) in [4.78, 5) is 12.5. The minimum atomic E-state index is -0.128. The maximum Gasteiger partial charge on any atom is 0.234 e. The summed E-state index contributed by atoms with van der Waals surface area (Å²) in [5, 5.41) is 15.9. The van der Waals surface area contributed by atoms with Crippen LogP contribution in [-0.2, 0) is 4.79 Å². The van der Waals surface area contributed by atoms with Gasteiger partial charge in [0.2, 0.25) is 5.91 Å². The molecule has 0 bridgehead atoms. The zero-order chi connectivity index (χ0) is 13.2. The van der Waals surface area contributed by atoms with Crippen molar-refractivity contribution in [1.29, 1.82) is 0 Å². The highest BCUT2D eigenvalue weighted by atomic mass is 32.2. The van der Waals surface area contributed by atoms with Gasteiger partial charge in [0.15, 0.2) is 0 Å². The van der Waals surface area contributed by atoms with Crippen molar-refractivity contribution in [2.75, 3.05) is 16.4 Å². The summed E-state index contributed by atoms with van der Waals surface area (Å²) in [5.41, 5.74) is 1.95. The topological polar surface area (TPSA) is 61.4 Å². The Hall–Kier alpha value is -1.20. The molecule has 1 amide bonds. The SMILES string of the molecule is O=C1CSc2ccc(NC3CCC(O)CC3)cc2N1. The van der Waals surface area contributed by atoms with Crippen molar-refractivity contribution in [1.82, 2.24) is 0 Å². The Balaban J connectivity index is 1.68. The van der Waals surface area contributed by atoms with Crippen LogP contribution in [0.3, 0.4) is 0 Å². The van der Waals surface area contributed by atoms with Gasteiger partial charge < -0.3 is 15.7 Å². The van der Waals surface area contributed by atoms with Crippen LogP contribution in [0, 0.1) is 0 Å². The number of nitrogens with one attached hydrogen (secondary N) is 2. The number of rotatable bonds is 2. The van der Waals surface area contributed by atoms with Crippen LogP contribution in [0.5, 0.6) is 0 Å². The van der Waals surface area contributed by atoms with E-state index in [0.717, 1.165) is 42.0 Å². The van der Waals surface area contributed by atoms with Gasteiger partial charge in [-0.15, -0.1) is 11.8 Å². The number of aliphatic hydroxyl groups is 1. The maximum absolute atomic E-state index is 11.4. The molecule has 3 N–H and O–H groups in total. The molecule has 1 aliphatic heterocycles. The standard InChI is InChI=1S/C14H18N2O2S/c17-11-4-1-9(2-5-11)15-10-3-6-13-12(7-10)16-14(18)8-19-13/h3,6-7,9,11,15,17H,1-2,4-5,8H2,(H,16,18). The van der Waals surface area contributed by atoms with Gasteiger partial charge in [-0.3, -0.25) is 4.79 Å². The van der Waals surface area contributed by atoms with Gasteiger partial charge in [-0.05, 0) is 43.9 Å². The second-order valence-electron chi connectivity index (χ2n) is 5.20. The molecule has 1 heterocycles. The minimum absolute atomic E-state index is 0.0652. The van der Waals surface area contributed by atoms with Crippen molar-refractivity contribution in [2.45, 2.75) is 42.7 Å². The average molecular weight is 278 g/mol. The lowest BCUT2D eigenvalue weighted by atomic mass is 9.93. The number of carbonyl (C=O) groups excluding carboxylic acids is 1. The van der Waals surface area contributed by atoms with E-state index in [-0.39, 0.29) is 12.0 Å². The van der Waals surface area contributed by atoms with Gasteiger partial charge in [0, 0.05) is 16.6 Å². The number of carbonyl (C=O) groups is 1. The normalized spacial score (nSPS) is 26.5. The Morgan fingerprint density at radius 3 is 2.84 bits per heavy atom. The fraction of sp³-hybridized carbons (Fsp3) is 0.500. The molecule has 0 aromatic heterocycles. The van der Waals surface area contributed by atoms with Gasteiger partial charge in [-0.25, -0.2) is 0 Å². The first-order valence-corrected chi connectivity index (χ1v) is 7.70. The van der Waals surface area contributed by atoms with Crippen LogP contribution in [0.15, 0.2) is 23.1 Å². The van der Waals surface area contributed by atoms with E-state index in [2.05, 4.69) is 22.8 Å². The lowest BCUT2D eigenvalue weighted by Gasteiger charge is -2.27. The van der Waals surface area contributed by atoms with E-state index in [1.165, 1.54) is 0 Å². The number of benzene rings is 1. The molecule has 19 heavy (non-hydrogen) atoms. The van der Waals surface area contributed by atoms with Crippen LogP contribution in [0.4, 0.5) is 11.4 Å². The van der Waals surface area contributed by atoms with Gasteiger partial charge in [0.1, 0.15) is 0 Å². The van der Waals surface area contributed by atoms with E-state index < -0.39 is 0 Å². The lowest BCUT2D eigenvalue weighted by Crippen LogP contribution is -2.28. The van der Waals surface area contributed by atoms with E-state index in [1.54, 1.807) is 11.8 Å². The van der Waals surface area contributed by atoms with Gasteiger partial charge in [-0.1, -0.05) is 0 Å². The van der Waals surface area contributed by atoms with Crippen LogP contribution in [0.1, 0.15) is 25.7 Å². The van der Waals surface area contributed by atoms with Gasteiger partial charge in [-0.2, -0.15) is 0 Å². The third-order valence-corrected chi connectivity index (χ3v) is 4.75. The molecule has 4 nitrogen and oxygen atoms in total. The van der Waals surface area contributed by atoms with Gasteiger partial charge >= 0.3 is 0 Å². The molecule has 0 unspecified atom stereocenters. The van der Waals surface area contributed by atoms with Crippen LogP contribution in [0.25, 0.3) is 0 Å². The predicted molar refractivity (Wildman–Crippen MR) is 77.7 cm³/mol. The number of hydrogen-bond donors (Lipinski definition) is 3. The zero-order valence-corrected chi connectivity index (χ0v) is 11.5. The van der Waals surface area contributed by atoms with Crippen molar-refractivity contribution in [3.63, 3.8) is 0 Å². The van der Waals surface area contributed by atoms with Crippen LogP contribution in [-0.4, -0.2) is 28.9 Å². The summed E-state index contributed by atoms with van der Waals surface area (Å²) in [7, 11) is 0. The van der Waals surface area contributed by atoms with Crippen LogP contribution >= 0.6 is 11.8 Å². The Morgan fingerprint density at radius 1 is 1.26 bits per heavy atom. The molecule has 1 saturated carbocycles. The van der Waals surface area contributed by atoms with Gasteiger partial charge in [0.05, 0.1) is 17.5 Å². The Labute approximate surface area is 117 Å². The lowest BCUT2D eigenvalue weighted by molar-refractivity contribution is -0.113. The van der Waals surface area contributed by atoms with Crippen molar-refractivity contribution >= 4 is 29.0 Å². The molecule has 1 aromatic rings. The molecule has 5 heteroatoms. The quantitative estimate of drug-likeness (QED) is 0.777. The molecule has 0 saturated heterocycles. The monoisotopic (exact) mass is 278 g/mol.